The predicted molar refractivity (Wildman–Crippen MR) is 115 cm³/mol. The van der Waals surface area contributed by atoms with Crippen molar-refractivity contribution in [3.05, 3.63) is 51.9 Å². The van der Waals surface area contributed by atoms with E-state index in [0.29, 0.717) is 10.4 Å². The Morgan fingerprint density at radius 1 is 1.21 bits per heavy atom. The lowest BCUT2D eigenvalue weighted by atomic mass is 9.97. The molecule has 3 aromatic rings. The number of aromatic amines is 1. The molecule has 0 saturated heterocycles. The van der Waals surface area contributed by atoms with Crippen molar-refractivity contribution in [3.8, 4) is 0 Å². The Morgan fingerprint density at radius 3 is 2.46 bits per heavy atom. The summed E-state index contributed by atoms with van der Waals surface area (Å²) in [6.45, 7) is 9.55. The lowest BCUT2D eigenvalue weighted by Gasteiger charge is -2.16. The summed E-state index contributed by atoms with van der Waals surface area (Å²) in [5.41, 5.74) is 5.14. The Labute approximate surface area is 169 Å². The molecule has 0 aliphatic rings. The second kappa shape index (κ2) is 7.52. The lowest BCUT2D eigenvalue weighted by Crippen LogP contribution is -2.13. The van der Waals surface area contributed by atoms with E-state index >= 15 is 0 Å². The first-order valence-electron chi connectivity index (χ1n) is 8.90. The molecule has 0 saturated carbocycles. The van der Waals surface area contributed by atoms with Gasteiger partial charge in [0, 0.05) is 11.3 Å². The first kappa shape index (κ1) is 20.3. The van der Waals surface area contributed by atoms with Crippen LogP contribution >= 0.6 is 12.2 Å². The number of oxazole rings is 1. The summed E-state index contributed by atoms with van der Waals surface area (Å²) in [5, 5.41) is 3.15. The van der Waals surface area contributed by atoms with Crippen molar-refractivity contribution in [2.75, 3.05) is 5.32 Å². The summed E-state index contributed by atoms with van der Waals surface area (Å²) in [5.74, 6) is 0.429. The third kappa shape index (κ3) is 4.02. The van der Waals surface area contributed by atoms with Crippen molar-refractivity contribution in [2.45, 2.75) is 45.4 Å². The Kier molecular flexibility index (Phi) is 5.45. The highest BCUT2D eigenvalue weighted by atomic mass is 32.2. The zero-order valence-corrected chi connectivity index (χ0v) is 18.1. The number of nitrogens with zero attached hydrogens (tertiary/aromatic N) is 1. The van der Waals surface area contributed by atoms with Crippen LogP contribution in [0, 0.1) is 18.7 Å². The fraction of sp³-hybridized carbons (Fsp3) is 0.300. The van der Waals surface area contributed by atoms with E-state index in [1.807, 2.05) is 19.9 Å². The molecule has 0 spiro atoms. The molecule has 28 heavy (non-hydrogen) atoms. The molecule has 2 N–H and O–H groups in total. The van der Waals surface area contributed by atoms with Crippen LogP contribution in [0.1, 0.15) is 43.4 Å². The fourth-order valence-electron chi connectivity index (χ4n) is 3.15. The summed E-state index contributed by atoms with van der Waals surface area (Å²) < 4.78 is 34.7. The SMILES string of the molecule is CC(=NS(=O)(=O)c1ccc(C)cc1)Nc1cc(C)c2oc(=S)[nH]c2c1C(C)C. The lowest BCUT2D eigenvalue weighted by molar-refractivity contribution is 0.581. The molecule has 1 aromatic heterocycles. The van der Waals surface area contributed by atoms with Crippen LogP contribution in [0.5, 0.6) is 0 Å². The second-order valence-corrected chi connectivity index (χ2v) is 9.09. The van der Waals surface area contributed by atoms with Gasteiger partial charge in [0.15, 0.2) is 5.58 Å². The van der Waals surface area contributed by atoms with Gasteiger partial charge < -0.3 is 14.7 Å². The van der Waals surface area contributed by atoms with E-state index in [9.17, 15) is 8.42 Å². The summed E-state index contributed by atoms with van der Waals surface area (Å²) in [6.07, 6.45) is 0. The number of anilines is 1. The maximum atomic E-state index is 12.6. The maximum Gasteiger partial charge on any atom is 0.283 e. The molecular formula is C20H23N3O3S2. The quantitative estimate of drug-likeness (QED) is 0.335. The van der Waals surface area contributed by atoms with E-state index in [-0.39, 0.29) is 16.6 Å². The molecule has 0 radical (unpaired) electrons. The van der Waals surface area contributed by atoms with E-state index in [1.165, 1.54) is 0 Å². The molecule has 0 atom stereocenters. The van der Waals surface area contributed by atoms with Crippen molar-refractivity contribution < 1.29 is 12.8 Å². The molecule has 6 nitrogen and oxygen atoms in total. The summed E-state index contributed by atoms with van der Waals surface area (Å²) >= 11 is 5.14. The number of hydrogen-bond donors (Lipinski definition) is 2. The zero-order chi connectivity index (χ0) is 20.6. The smallest absolute Gasteiger partial charge is 0.283 e. The predicted octanol–water partition coefficient (Wildman–Crippen LogP) is 5.45. The van der Waals surface area contributed by atoms with Crippen LogP contribution in [0.3, 0.4) is 0 Å². The number of aryl methyl sites for hydroxylation is 2. The summed E-state index contributed by atoms with van der Waals surface area (Å²) in [4.78, 5) is 3.56. The standard InChI is InChI=1S/C20H23N3O3S2/c1-11(2)17-16(10-13(4)19-18(17)22-20(27)26-19)21-14(5)23-28(24,25)15-8-6-12(3)7-9-15/h6-11H,1-5H3,(H,21,23)(H,22,27). The van der Waals surface area contributed by atoms with Gasteiger partial charge in [-0.2, -0.15) is 8.42 Å². The van der Waals surface area contributed by atoms with Crippen molar-refractivity contribution in [2.24, 2.45) is 4.40 Å². The number of benzene rings is 2. The van der Waals surface area contributed by atoms with Crippen LogP contribution < -0.4 is 5.32 Å². The van der Waals surface area contributed by atoms with Crippen LogP contribution in [-0.4, -0.2) is 19.2 Å². The molecule has 0 amide bonds. The van der Waals surface area contributed by atoms with Crippen LogP contribution in [0.25, 0.3) is 11.1 Å². The highest BCUT2D eigenvalue weighted by molar-refractivity contribution is 7.90. The maximum absolute atomic E-state index is 12.6. The number of rotatable bonds is 4. The van der Waals surface area contributed by atoms with Crippen LogP contribution in [-0.2, 0) is 10.0 Å². The molecule has 3 rings (SSSR count). The van der Waals surface area contributed by atoms with Gasteiger partial charge in [-0.1, -0.05) is 31.5 Å². The Bertz CT molecular complexity index is 1220. The molecule has 2 aromatic carbocycles. The van der Waals surface area contributed by atoms with Gasteiger partial charge in [-0.25, -0.2) is 0 Å². The molecule has 0 bridgehead atoms. The van der Waals surface area contributed by atoms with E-state index in [0.717, 1.165) is 27.9 Å². The van der Waals surface area contributed by atoms with Gasteiger partial charge in [0.1, 0.15) is 5.84 Å². The molecule has 148 valence electrons. The van der Waals surface area contributed by atoms with Gasteiger partial charge in [0.25, 0.3) is 14.9 Å². The van der Waals surface area contributed by atoms with Crippen molar-refractivity contribution in [1.82, 2.24) is 4.98 Å². The largest absolute Gasteiger partial charge is 0.429 e. The number of fused-ring (bicyclic) bond motifs is 1. The average Bonchev–Trinajstić information content (AvgIpc) is 2.96. The first-order valence-corrected chi connectivity index (χ1v) is 10.7. The number of aromatic nitrogens is 1. The number of sulfonamides is 1. The van der Waals surface area contributed by atoms with Gasteiger partial charge in [-0.15, -0.1) is 4.40 Å². The van der Waals surface area contributed by atoms with Gasteiger partial charge in [0.2, 0.25) is 0 Å². The minimum atomic E-state index is -3.80. The zero-order valence-electron chi connectivity index (χ0n) is 16.5. The normalized spacial score (nSPS) is 12.7. The van der Waals surface area contributed by atoms with Crippen LogP contribution in [0.2, 0.25) is 0 Å². The van der Waals surface area contributed by atoms with E-state index in [1.54, 1.807) is 31.2 Å². The molecule has 0 unspecified atom stereocenters. The summed E-state index contributed by atoms with van der Waals surface area (Å²) in [7, 11) is -3.80. The number of H-pyrrole nitrogens is 1. The molecule has 0 fully saturated rings. The first-order chi connectivity index (χ1) is 13.1. The summed E-state index contributed by atoms with van der Waals surface area (Å²) in [6, 6.07) is 8.54. The average molecular weight is 418 g/mol. The van der Waals surface area contributed by atoms with Gasteiger partial charge in [-0.05, 0) is 62.7 Å². The Morgan fingerprint density at radius 2 is 1.86 bits per heavy atom. The van der Waals surface area contributed by atoms with Crippen molar-refractivity contribution in [1.29, 1.82) is 0 Å². The van der Waals surface area contributed by atoms with Gasteiger partial charge in [-0.3, -0.25) is 0 Å². The van der Waals surface area contributed by atoms with Crippen molar-refractivity contribution >= 4 is 44.9 Å². The van der Waals surface area contributed by atoms with Crippen LogP contribution in [0.4, 0.5) is 5.69 Å². The molecule has 0 aliphatic carbocycles. The number of nitrogens with one attached hydrogen (secondary N) is 2. The molecular weight excluding hydrogens is 394 g/mol. The van der Waals surface area contributed by atoms with Gasteiger partial charge in [0.05, 0.1) is 10.4 Å². The third-order valence-electron chi connectivity index (χ3n) is 4.40. The van der Waals surface area contributed by atoms with Crippen LogP contribution in [0.15, 0.2) is 44.0 Å². The van der Waals surface area contributed by atoms with E-state index in [4.69, 9.17) is 16.6 Å². The monoisotopic (exact) mass is 417 g/mol. The third-order valence-corrected chi connectivity index (χ3v) is 5.96. The van der Waals surface area contributed by atoms with Crippen molar-refractivity contribution in [3.63, 3.8) is 0 Å². The highest BCUT2D eigenvalue weighted by Crippen LogP contribution is 2.34. The molecule has 1 heterocycles. The van der Waals surface area contributed by atoms with E-state index in [2.05, 4.69) is 28.5 Å². The highest BCUT2D eigenvalue weighted by Gasteiger charge is 2.18. The second-order valence-electron chi connectivity index (χ2n) is 7.12. The number of hydrogen-bond acceptors (Lipinski definition) is 4. The molecule has 0 aliphatic heterocycles. The fourth-order valence-corrected chi connectivity index (χ4v) is 4.33. The molecule has 8 heteroatoms. The topological polar surface area (TPSA) is 87.5 Å². The van der Waals surface area contributed by atoms with E-state index < -0.39 is 10.0 Å². The Balaban J connectivity index is 2.04. The Hall–Kier alpha value is -2.45. The van der Waals surface area contributed by atoms with Gasteiger partial charge >= 0.3 is 0 Å². The number of amidine groups is 1. The minimum Gasteiger partial charge on any atom is -0.429 e. The minimum absolute atomic E-state index is 0.148.